The minimum absolute atomic E-state index is 0.0220. The van der Waals surface area contributed by atoms with Gasteiger partial charge in [-0.25, -0.2) is 4.79 Å². The molecule has 1 aliphatic heterocycles. The normalized spacial score (nSPS) is 17.5. The summed E-state index contributed by atoms with van der Waals surface area (Å²) >= 11 is 0. The third-order valence-electron chi connectivity index (χ3n) is 2.80. The SMILES string of the molecule is CC(C)NC(=O)N1CCC(OCCCO)CC1. The standard InChI is InChI=1S/C12H24N2O3/c1-10(2)13-12(16)14-6-4-11(5-7-14)17-9-3-8-15/h10-11,15H,3-9H2,1-2H3,(H,13,16). The number of nitrogens with zero attached hydrogens (tertiary/aromatic N) is 1. The van der Waals surface area contributed by atoms with E-state index in [-0.39, 0.29) is 24.8 Å². The van der Waals surface area contributed by atoms with Crippen molar-refractivity contribution in [2.24, 2.45) is 0 Å². The molecule has 0 aromatic rings. The number of hydrogen-bond donors (Lipinski definition) is 2. The van der Waals surface area contributed by atoms with Crippen LogP contribution in [0.5, 0.6) is 0 Å². The fourth-order valence-electron chi connectivity index (χ4n) is 1.88. The topological polar surface area (TPSA) is 61.8 Å². The first-order valence-corrected chi connectivity index (χ1v) is 6.41. The van der Waals surface area contributed by atoms with Crippen LogP contribution in [0, 0.1) is 0 Å². The van der Waals surface area contributed by atoms with Crippen LogP contribution in [-0.2, 0) is 4.74 Å². The molecule has 0 aliphatic carbocycles. The second-order valence-corrected chi connectivity index (χ2v) is 4.74. The van der Waals surface area contributed by atoms with Gasteiger partial charge in [-0.3, -0.25) is 0 Å². The van der Waals surface area contributed by atoms with Crippen molar-refractivity contribution in [3.05, 3.63) is 0 Å². The number of hydrogen-bond acceptors (Lipinski definition) is 3. The van der Waals surface area contributed by atoms with Crippen molar-refractivity contribution in [1.29, 1.82) is 0 Å². The lowest BCUT2D eigenvalue weighted by atomic mass is 10.1. The highest BCUT2D eigenvalue weighted by molar-refractivity contribution is 5.74. The lowest BCUT2D eigenvalue weighted by molar-refractivity contribution is 0.00904. The Kier molecular flexibility index (Phi) is 6.29. The molecule has 0 spiro atoms. The molecule has 0 aromatic heterocycles. The first-order chi connectivity index (χ1) is 8.13. The molecule has 5 heteroatoms. The molecular weight excluding hydrogens is 220 g/mol. The van der Waals surface area contributed by atoms with Gasteiger partial charge in [-0.15, -0.1) is 0 Å². The highest BCUT2D eigenvalue weighted by atomic mass is 16.5. The number of carbonyl (C=O) groups excluding carboxylic acids is 1. The number of ether oxygens (including phenoxy) is 1. The predicted molar refractivity (Wildman–Crippen MR) is 65.9 cm³/mol. The summed E-state index contributed by atoms with van der Waals surface area (Å²) in [6, 6.07) is 0.204. The Morgan fingerprint density at radius 3 is 2.65 bits per heavy atom. The Balaban J connectivity index is 2.18. The highest BCUT2D eigenvalue weighted by Crippen LogP contribution is 2.14. The van der Waals surface area contributed by atoms with Crippen molar-refractivity contribution in [3.8, 4) is 0 Å². The molecule has 1 aliphatic rings. The van der Waals surface area contributed by atoms with Crippen LogP contribution in [0.4, 0.5) is 4.79 Å². The van der Waals surface area contributed by atoms with Gasteiger partial charge in [0, 0.05) is 32.3 Å². The van der Waals surface area contributed by atoms with Crippen molar-refractivity contribution in [2.45, 2.75) is 45.3 Å². The van der Waals surface area contributed by atoms with E-state index < -0.39 is 0 Å². The van der Waals surface area contributed by atoms with E-state index in [0.717, 1.165) is 25.9 Å². The molecule has 0 atom stereocenters. The predicted octanol–water partition coefficient (Wildman–Crippen LogP) is 0.968. The zero-order valence-electron chi connectivity index (χ0n) is 10.8. The summed E-state index contributed by atoms with van der Waals surface area (Å²) in [6.45, 7) is 6.21. The Hall–Kier alpha value is -0.810. The van der Waals surface area contributed by atoms with E-state index in [1.807, 2.05) is 18.7 Å². The zero-order chi connectivity index (χ0) is 12.7. The molecule has 0 unspecified atom stereocenters. The number of piperidine rings is 1. The number of aliphatic hydroxyl groups excluding tert-OH is 1. The Labute approximate surface area is 103 Å². The van der Waals surface area contributed by atoms with E-state index in [1.54, 1.807) is 0 Å². The fourth-order valence-corrected chi connectivity index (χ4v) is 1.88. The molecule has 17 heavy (non-hydrogen) atoms. The molecule has 2 amide bonds. The molecule has 0 radical (unpaired) electrons. The first kappa shape index (κ1) is 14.3. The molecule has 5 nitrogen and oxygen atoms in total. The monoisotopic (exact) mass is 244 g/mol. The molecule has 1 rings (SSSR count). The van der Waals surface area contributed by atoms with Gasteiger partial charge in [-0.2, -0.15) is 0 Å². The number of urea groups is 1. The van der Waals surface area contributed by atoms with Crippen molar-refractivity contribution in [3.63, 3.8) is 0 Å². The summed E-state index contributed by atoms with van der Waals surface area (Å²) in [5, 5.41) is 11.5. The fraction of sp³-hybridized carbons (Fsp3) is 0.917. The molecule has 0 saturated carbocycles. The van der Waals surface area contributed by atoms with Crippen LogP contribution in [-0.4, -0.2) is 54.5 Å². The maximum Gasteiger partial charge on any atom is 0.317 e. The Morgan fingerprint density at radius 2 is 2.12 bits per heavy atom. The van der Waals surface area contributed by atoms with Crippen molar-refractivity contribution < 1.29 is 14.6 Å². The van der Waals surface area contributed by atoms with Crippen LogP contribution >= 0.6 is 0 Å². The number of amides is 2. The summed E-state index contributed by atoms with van der Waals surface area (Å²) in [5.74, 6) is 0. The van der Waals surface area contributed by atoms with Gasteiger partial charge < -0.3 is 20.1 Å². The van der Waals surface area contributed by atoms with Gasteiger partial charge in [-0.1, -0.05) is 0 Å². The van der Waals surface area contributed by atoms with E-state index in [0.29, 0.717) is 13.0 Å². The van der Waals surface area contributed by atoms with Crippen LogP contribution < -0.4 is 5.32 Å². The van der Waals surface area contributed by atoms with E-state index in [4.69, 9.17) is 9.84 Å². The molecule has 2 N–H and O–H groups in total. The number of rotatable bonds is 5. The maximum absolute atomic E-state index is 11.7. The van der Waals surface area contributed by atoms with E-state index in [9.17, 15) is 4.79 Å². The molecular formula is C12H24N2O3. The van der Waals surface area contributed by atoms with Crippen molar-refractivity contribution in [2.75, 3.05) is 26.3 Å². The lowest BCUT2D eigenvalue weighted by Gasteiger charge is -2.32. The van der Waals surface area contributed by atoms with Gasteiger partial charge in [-0.05, 0) is 33.1 Å². The second kappa shape index (κ2) is 7.50. The van der Waals surface area contributed by atoms with Gasteiger partial charge in [0.25, 0.3) is 0 Å². The highest BCUT2D eigenvalue weighted by Gasteiger charge is 2.23. The Morgan fingerprint density at radius 1 is 1.47 bits per heavy atom. The van der Waals surface area contributed by atoms with Crippen LogP contribution in [0.1, 0.15) is 33.1 Å². The minimum Gasteiger partial charge on any atom is -0.396 e. The summed E-state index contributed by atoms with van der Waals surface area (Å²) < 4.78 is 5.61. The van der Waals surface area contributed by atoms with Gasteiger partial charge in [0.2, 0.25) is 0 Å². The average molecular weight is 244 g/mol. The molecule has 0 bridgehead atoms. The summed E-state index contributed by atoms with van der Waals surface area (Å²) in [7, 11) is 0. The number of aliphatic hydroxyl groups is 1. The van der Waals surface area contributed by atoms with Gasteiger partial charge in [0.05, 0.1) is 6.10 Å². The third-order valence-corrected chi connectivity index (χ3v) is 2.80. The van der Waals surface area contributed by atoms with Crippen LogP contribution in [0.25, 0.3) is 0 Å². The molecule has 1 heterocycles. The van der Waals surface area contributed by atoms with E-state index in [1.165, 1.54) is 0 Å². The summed E-state index contributed by atoms with van der Waals surface area (Å²) in [4.78, 5) is 13.6. The van der Waals surface area contributed by atoms with Crippen LogP contribution in [0.3, 0.4) is 0 Å². The second-order valence-electron chi connectivity index (χ2n) is 4.74. The smallest absolute Gasteiger partial charge is 0.317 e. The number of likely N-dealkylation sites (tertiary alicyclic amines) is 1. The van der Waals surface area contributed by atoms with Gasteiger partial charge in [0.15, 0.2) is 0 Å². The summed E-state index contributed by atoms with van der Waals surface area (Å²) in [5.41, 5.74) is 0. The quantitative estimate of drug-likeness (QED) is 0.708. The summed E-state index contributed by atoms with van der Waals surface area (Å²) in [6.07, 6.45) is 2.70. The maximum atomic E-state index is 11.7. The zero-order valence-corrected chi connectivity index (χ0v) is 10.8. The van der Waals surface area contributed by atoms with Crippen LogP contribution in [0.15, 0.2) is 0 Å². The van der Waals surface area contributed by atoms with Crippen molar-refractivity contribution in [1.82, 2.24) is 10.2 Å². The largest absolute Gasteiger partial charge is 0.396 e. The van der Waals surface area contributed by atoms with E-state index in [2.05, 4.69) is 5.32 Å². The molecule has 1 saturated heterocycles. The molecule has 0 aromatic carbocycles. The minimum atomic E-state index is 0.0220. The van der Waals surface area contributed by atoms with Gasteiger partial charge >= 0.3 is 6.03 Å². The van der Waals surface area contributed by atoms with Crippen molar-refractivity contribution >= 4 is 6.03 Å². The van der Waals surface area contributed by atoms with Crippen LogP contribution in [0.2, 0.25) is 0 Å². The average Bonchev–Trinajstić information content (AvgIpc) is 2.29. The molecule has 1 fully saturated rings. The number of nitrogens with one attached hydrogen (secondary N) is 1. The molecule has 100 valence electrons. The lowest BCUT2D eigenvalue weighted by Crippen LogP contribution is -2.47. The third kappa shape index (κ3) is 5.37. The first-order valence-electron chi connectivity index (χ1n) is 6.41. The number of carbonyl (C=O) groups is 1. The van der Waals surface area contributed by atoms with Gasteiger partial charge in [0.1, 0.15) is 0 Å². The van der Waals surface area contributed by atoms with E-state index >= 15 is 0 Å². The Bertz CT molecular complexity index is 226.